The summed E-state index contributed by atoms with van der Waals surface area (Å²) in [6, 6.07) is 8.89. The number of H-pyrrole nitrogens is 1. The second kappa shape index (κ2) is 6.84. The number of aromatic nitrogens is 3. The minimum Gasteiger partial charge on any atom is -0.390 e. The average molecular weight is 401 g/mol. The van der Waals surface area contributed by atoms with Crippen LogP contribution in [0.25, 0.3) is 22.4 Å². The maximum Gasteiger partial charge on any atom is 0.157 e. The zero-order valence-corrected chi connectivity index (χ0v) is 16.4. The Morgan fingerprint density at radius 2 is 1.89 bits per heavy atom. The van der Waals surface area contributed by atoms with Crippen molar-refractivity contribution in [1.82, 2.24) is 20.3 Å². The van der Waals surface area contributed by atoms with Gasteiger partial charge in [0.05, 0.1) is 33.8 Å². The number of piperidine rings is 1. The molecule has 0 spiro atoms. The molecule has 0 atom stereocenters. The molecule has 0 saturated carbocycles. The Labute approximate surface area is 163 Å². The molecule has 0 bridgehead atoms. The van der Waals surface area contributed by atoms with Crippen molar-refractivity contribution >= 4 is 26.7 Å². The van der Waals surface area contributed by atoms with Gasteiger partial charge in [0, 0.05) is 11.9 Å². The lowest BCUT2D eigenvalue weighted by atomic mass is 9.88. The molecular weight excluding hydrogens is 378 g/mol. The Kier molecular flexibility index (Phi) is 4.60. The van der Waals surface area contributed by atoms with Crippen LogP contribution in [0.4, 0.5) is 5.82 Å². The molecule has 1 fully saturated rings. The largest absolute Gasteiger partial charge is 0.390 e. The molecule has 1 aliphatic heterocycles. The third-order valence-electron chi connectivity index (χ3n) is 5.46. The van der Waals surface area contributed by atoms with Gasteiger partial charge in [-0.15, -0.1) is 0 Å². The molecule has 5 N–H and O–H groups in total. The Bertz CT molecular complexity index is 1130. The molecule has 0 aliphatic carbocycles. The molecule has 9 heteroatoms. The summed E-state index contributed by atoms with van der Waals surface area (Å²) < 4.78 is 24.5. The van der Waals surface area contributed by atoms with Crippen molar-refractivity contribution in [3.05, 3.63) is 41.6 Å². The molecule has 1 aliphatic rings. The number of hydrogen-bond acceptors (Lipinski definition) is 7. The summed E-state index contributed by atoms with van der Waals surface area (Å²) >= 11 is 0. The zero-order chi connectivity index (χ0) is 19.9. The van der Waals surface area contributed by atoms with E-state index in [9.17, 15) is 13.5 Å². The maximum atomic E-state index is 12.7. The first kappa shape index (κ1) is 18.9. The molecule has 0 radical (unpaired) electrons. The number of rotatable bonds is 4. The number of anilines is 1. The van der Waals surface area contributed by atoms with E-state index in [1.165, 1.54) is 6.26 Å². The number of fused-ring (bicyclic) bond motifs is 1. The fourth-order valence-corrected chi connectivity index (χ4v) is 5.43. The van der Waals surface area contributed by atoms with Gasteiger partial charge >= 0.3 is 0 Å². The first-order valence-electron chi connectivity index (χ1n) is 9.11. The van der Waals surface area contributed by atoms with Crippen LogP contribution in [0.3, 0.4) is 0 Å². The van der Waals surface area contributed by atoms with Crippen LogP contribution >= 0.6 is 0 Å². The van der Waals surface area contributed by atoms with Gasteiger partial charge in [-0.1, -0.05) is 0 Å². The SMILES string of the molecule is CS(=O)(=O)C1(c2cc(N)nc(-c3ccc4[nH]c(CO)cc4n3)c2)CCNCC1. The van der Waals surface area contributed by atoms with E-state index in [0.717, 1.165) is 5.52 Å². The molecule has 0 amide bonds. The molecule has 148 valence electrons. The van der Waals surface area contributed by atoms with E-state index in [2.05, 4.69) is 20.3 Å². The second-order valence-electron chi connectivity index (χ2n) is 7.26. The molecule has 3 aromatic heterocycles. The van der Waals surface area contributed by atoms with Crippen molar-refractivity contribution in [3.63, 3.8) is 0 Å². The monoisotopic (exact) mass is 401 g/mol. The van der Waals surface area contributed by atoms with E-state index in [0.29, 0.717) is 54.1 Å². The Morgan fingerprint density at radius 1 is 1.14 bits per heavy atom. The number of nitrogens with two attached hydrogens (primary N) is 1. The highest BCUT2D eigenvalue weighted by atomic mass is 32.2. The van der Waals surface area contributed by atoms with E-state index in [-0.39, 0.29) is 12.4 Å². The number of sulfone groups is 1. The van der Waals surface area contributed by atoms with E-state index in [1.807, 2.05) is 6.07 Å². The van der Waals surface area contributed by atoms with Crippen LogP contribution in [0.15, 0.2) is 30.3 Å². The minimum absolute atomic E-state index is 0.0999. The van der Waals surface area contributed by atoms with Crippen LogP contribution in [0.2, 0.25) is 0 Å². The van der Waals surface area contributed by atoms with Gasteiger partial charge in [0.15, 0.2) is 9.84 Å². The average Bonchev–Trinajstić information content (AvgIpc) is 3.09. The Balaban J connectivity index is 1.85. The minimum atomic E-state index is -3.37. The summed E-state index contributed by atoms with van der Waals surface area (Å²) in [5.74, 6) is 0.265. The van der Waals surface area contributed by atoms with Crippen LogP contribution in [-0.2, 0) is 21.2 Å². The number of nitrogens with zero attached hydrogens (tertiary/aromatic N) is 2. The van der Waals surface area contributed by atoms with Crippen LogP contribution in [0.1, 0.15) is 24.1 Å². The standard InChI is InChI=1S/C19H23N5O3S/c1-28(26,27)19(4-6-21-7-5-19)12-8-16(24-18(20)9-12)15-3-2-14-17(23-15)10-13(11-25)22-14/h2-3,8-10,21-22,25H,4-7,11H2,1H3,(H2,20,24). The van der Waals surface area contributed by atoms with Crippen molar-refractivity contribution in [2.75, 3.05) is 25.1 Å². The van der Waals surface area contributed by atoms with Crippen molar-refractivity contribution in [2.24, 2.45) is 0 Å². The summed E-state index contributed by atoms with van der Waals surface area (Å²) in [5, 5.41) is 12.5. The van der Waals surface area contributed by atoms with Gasteiger partial charge in [-0.25, -0.2) is 18.4 Å². The van der Waals surface area contributed by atoms with Gasteiger partial charge in [-0.3, -0.25) is 0 Å². The van der Waals surface area contributed by atoms with E-state index in [4.69, 9.17) is 5.73 Å². The van der Waals surface area contributed by atoms with Crippen LogP contribution in [0, 0.1) is 0 Å². The predicted molar refractivity (Wildman–Crippen MR) is 108 cm³/mol. The lowest BCUT2D eigenvalue weighted by Gasteiger charge is -2.36. The van der Waals surface area contributed by atoms with E-state index < -0.39 is 14.6 Å². The number of nitrogen functional groups attached to an aromatic ring is 1. The fraction of sp³-hybridized carbons (Fsp3) is 0.368. The highest BCUT2D eigenvalue weighted by Crippen LogP contribution is 2.40. The summed E-state index contributed by atoms with van der Waals surface area (Å²) in [6.07, 6.45) is 2.26. The third-order valence-corrected chi connectivity index (χ3v) is 7.52. The second-order valence-corrected chi connectivity index (χ2v) is 9.59. The highest BCUT2D eigenvalue weighted by Gasteiger charge is 2.43. The van der Waals surface area contributed by atoms with Crippen molar-refractivity contribution in [3.8, 4) is 11.4 Å². The lowest BCUT2D eigenvalue weighted by Crippen LogP contribution is -2.45. The third kappa shape index (κ3) is 3.15. The fourth-order valence-electron chi connectivity index (χ4n) is 3.94. The summed E-state index contributed by atoms with van der Waals surface area (Å²) in [6.45, 7) is 1.15. The molecule has 28 heavy (non-hydrogen) atoms. The topological polar surface area (TPSA) is 134 Å². The number of aliphatic hydroxyl groups is 1. The van der Waals surface area contributed by atoms with Gasteiger partial charge in [0.1, 0.15) is 5.82 Å². The summed E-state index contributed by atoms with van der Waals surface area (Å²) in [5.41, 5.74) is 10.0. The van der Waals surface area contributed by atoms with Gasteiger partial charge in [0.2, 0.25) is 0 Å². The molecule has 8 nitrogen and oxygen atoms in total. The highest BCUT2D eigenvalue weighted by molar-refractivity contribution is 7.91. The zero-order valence-electron chi connectivity index (χ0n) is 15.6. The molecule has 3 aromatic rings. The van der Waals surface area contributed by atoms with Crippen molar-refractivity contribution < 1.29 is 13.5 Å². The lowest BCUT2D eigenvalue weighted by molar-refractivity contribution is 0.278. The molecule has 4 heterocycles. The number of hydrogen-bond donors (Lipinski definition) is 4. The number of aliphatic hydroxyl groups excluding tert-OH is 1. The molecule has 0 unspecified atom stereocenters. The molecule has 1 saturated heterocycles. The first-order chi connectivity index (χ1) is 13.3. The van der Waals surface area contributed by atoms with Crippen LogP contribution in [-0.4, -0.2) is 47.8 Å². The Morgan fingerprint density at radius 3 is 2.57 bits per heavy atom. The van der Waals surface area contributed by atoms with Gasteiger partial charge in [-0.2, -0.15) is 0 Å². The quantitative estimate of drug-likeness (QED) is 0.518. The first-order valence-corrected chi connectivity index (χ1v) is 11.0. The molecule has 4 rings (SSSR count). The number of nitrogens with one attached hydrogen (secondary N) is 2. The Hall–Kier alpha value is -2.49. The van der Waals surface area contributed by atoms with Crippen molar-refractivity contribution in [2.45, 2.75) is 24.2 Å². The van der Waals surface area contributed by atoms with E-state index in [1.54, 1.807) is 24.3 Å². The van der Waals surface area contributed by atoms with Gasteiger partial charge in [-0.05, 0) is 61.8 Å². The van der Waals surface area contributed by atoms with Crippen LogP contribution in [0.5, 0.6) is 0 Å². The molecule has 0 aromatic carbocycles. The predicted octanol–water partition coefficient (Wildman–Crippen LogP) is 1.32. The normalized spacial score (nSPS) is 17.1. The number of aromatic amines is 1. The van der Waals surface area contributed by atoms with E-state index >= 15 is 0 Å². The van der Waals surface area contributed by atoms with Gasteiger partial charge in [0.25, 0.3) is 0 Å². The van der Waals surface area contributed by atoms with Gasteiger partial charge < -0.3 is 21.1 Å². The summed E-state index contributed by atoms with van der Waals surface area (Å²) in [7, 11) is -3.37. The summed E-state index contributed by atoms with van der Waals surface area (Å²) in [4.78, 5) is 12.1. The number of pyridine rings is 2. The van der Waals surface area contributed by atoms with Crippen LogP contribution < -0.4 is 11.1 Å². The maximum absolute atomic E-state index is 12.7. The smallest absolute Gasteiger partial charge is 0.157 e. The molecular formula is C19H23N5O3S. The van der Waals surface area contributed by atoms with Crippen molar-refractivity contribution in [1.29, 1.82) is 0 Å².